The number of rotatable bonds is 3. The molecule has 3 aromatic rings. The maximum absolute atomic E-state index is 15.1. The second-order valence-electron chi connectivity index (χ2n) is 8.64. The number of ether oxygens (including phenoxy) is 1. The van der Waals surface area contributed by atoms with Crippen LogP contribution in [0.3, 0.4) is 0 Å². The number of imide groups is 1. The Balaban J connectivity index is 1.64. The van der Waals surface area contributed by atoms with Gasteiger partial charge in [-0.3, -0.25) is 14.9 Å². The monoisotopic (exact) mass is 465 g/mol. The lowest BCUT2D eigenvalue weighted by Crippen LogP contribution is -2.29. The summed E-state index contributed by atoms with van der Waals surface area (Å²) in [6, 6.07) is 8.79. The molecular formula is C25H21ClFN3O3. The summed E-state index contributed by atoms with van der Waals surface area (Å²) in [4.78, 5) is 26.1. The highest BCUT2D eigenvalue weighted by Gasteiger charge is 2.38. The van der Waals surface area contributed by atoms with Crippen molar-refractivity contribution in [2.45, 2.75) is 25.3 Å². The number of nitrogens with one attached hydrogen (secondary N) is 2. The SMILES string of the molecule is O=C1NC(=O)C(c2cn(C3CCNCC3)c3ccc(Cl)cc23)=C1c1c(F)ccc2c1OCC2. The second-order valence-corrected chi connectivity index (χ2v) is 9.07. The van der Waals surface area contributed by atoms with Gasteiger partial charge in [0.2, 0.25) is 0 Å². The van der Waals surface area contributed by atoms with Gasteiger partial charge in [-0.2, -0.15) is 0 Å². The quantitative estimate of drug-likeness (QED) is 0.576. The molecular weight excluding hydrogens is 445 g/mol. The van der Waals surface area contributed by atoms with Gasteiger partial charge in [0, 0.05) is 40.1 Å². The second kappa shape index (κ2) is 7.71. The average molecular weight is 466 g/mol. The van der Waals surface area contributed by atoms with E-state index in [-0.39, 0.29) is 22.8 Å². The molecule has 0 unspecified atom stereocenters. The first-order chi connectivity index (χ1) is 16.0. The fourth-order valence-electron chi connectivity index (χ4n) is 5.22. The molecule has 1 aromatic heterocycles. The molecule has 2 N–H and O–H groups in total. The molecule has 2 amide bonds. The molecule has 168 valence electrons. The molecule has 1 saturated heterocycles. The summed E-state index contributed by atoms with van der Waals surface area (Å²) in [6.45, 7) is 2.21. The number of piperidine rings is 1. The van der Waals surface area contributed by atoms with Gasteiger partial charge in [-0.25, -0.2) is 4.39 Å². The molecule has 0 bridgehead atoms. The summed E-state index contributed by atoms with van der Waals surface area (Å²) in [5.41, 5.74) is 2.54. The van der Waals surface area contributed by atoms with Crippen molar-refractivity contribution in [1.29, 1.82) is 0 Å². The predicted molar refractivity (Wildman–Crippen MR) is 124 cm³/mol. The maximum Gasteiger partial charge on any atom is 0.259 e. The highest BCUT2D eigenvalue weighted by Crippen LogP contribution is 2.43. The molecule has 0 saturated carbocycles. The molecule has 3 aliphatic heterocycles. The Labute approximate surface area is 194 Å². The molecule has 0 spiro atoms. The van der Waals surface area contributed by atoms with Gasteiger partial charge in [-0.05, 0) is 55.8 Å². The van der Waals surface area contributed by atoms with Crippen molar-refractivity contribution in [3.63, 3.8) is 0 Å². The number of benzene rings is 2. The van der Waals surface area contributed by atoms with Crippen LogP contribution < -0.4 is 15.4 Å². The topological polar surface area (TPSA) is 72.4 Å². The third-order valence-corrected chi connectivity index (χ3v) is 6.99. The molecule has 2 aromatic carbocycles. The Morgan fingerprint density at radius 3 is 2.67 bits per heavy atom. The third-order valence-electron chi connectivity index (χ3n) is 6.75. The van der Waals surface area contributed by atoms with E-state index in [4.69, 9.17) is 16.3 Å². The Bertz CT molecular complexity index is 1370. The smallest absolute Gasteiger partial charge is 0.259 e. The molecule has 6 rings (SSSR count). The number of carbonyl (C=O) groups excluding carboxylic acids is 2. The average Bonchev–Trinajstić information content (AvgIpc) is 3.50. The number of halogens is 2. The fourth-order valence-corrected chi connectivity index (χ4v) is 5.40. The molecule has 6 nitrogen and oxygen atoms in total. The highest BCUT2D eigenvalue weighted by atomic mass is 35.5. The zero-order valence-electron chi connectivity index (χ0n) is 17.7. The van der Waals surface area contributed by atoms with Crippen LogP contribution in [-0.4, -0.2) is 36.1 Å². The van der Waals surface area contributed by atoms with Gasteiger partial charge in [0.05, 0.1) is 23.3 Å². The van der Waals surface area contributed by atoms with Crippen LogP contribution in [0.2, 0.25) is 5.02 Å². The fraction of sp³-hybridized carbons (Fsp3) is 0.280. The van der Waals surface area contributed by atoms with E-state index in [1.54, 1.807) is 12.1 Å². The summed E-state index contributed by atoms with van der Waals surface area (Å²) in [5, 5.41) is 7.02. The number of nitrogens with zero attached hydrogens (tertiary/aromatic N) is 1. The zero-order valence-corrected chi connectivity index (χ0v) is 18.5. The molecule has 0 radical (unpaired) electrons. The standard InChI is InChI=1S/C25H21ClFN3O3/c26-14-2-4-19-16(11-14)17(12-30(19)15-5-8-28-9-6-15)20-22(25(32)29-24(20)31)21-18(27)3-1-13-7-10-33-23(13)21/h1-4,11-12,15,28H,5-10H2,(H,29,31,32). The Kier molecular flexibility index (Phi) is 4.78. The first-order valence-electron chi connectivity index (χ1n) is 11.1. The molecule has 0 atom stereocenters. The molecule has 4 heterocycles. The number of carbonyl (C=O) groups is 2. The van der Waals surface area contributed by atoms with Crippen molar-refractivity contribution in [1.82, 2.24) is 15.2 Å². The van der Waals surface area contributed by atoms with Crippen molar-refractivity contribution in [3.8, 4) is 5.75 Å². The van der Waals surface area contributed by atoms with Crippen molar-refractivity contribution in [2.75, 3.05) is 19.7 Å². The summed E-state index contributed by atoms with van der Waals surface area (Å²) in [5.74, 6) is -1.42. The summed E-state index contributed by atoms with van der Waals surface area (Å²) >= 11 is 6.33. The van der Waals surface area contributed by atoms with Crippen LogP contribution in [0.25, 0.3) is 22.0 Å². The van der Waals surface area contributed by atoms with E-state index in [9.17, 15) is 9.59 Å². The van der Waals surface area contributed by atoms with Crippen LogP contribution in [0.15, 0.2) is 36.5 Å². The number of hydrogen-bond donors (Lipinski definition) is 2. The van der Waals surface area contributed by atoms with Gasteiger partial charge in [0.25, 0.3) is 11.8 Å². The van der Waals surface area contributed by atoms with Gasteiger partial charge in [0.15, 0.2) is 0 Å². The van der Waals surface area contributed by atoms with E-state index in [1.165, 1.54) is 6.07 Å². The molecule has 8 heteroatoms. The number of hydrogen-bond acceptors (Lipinski definition) is 4. The maximum atomic E-state index is 15.1. The molecule has 1 fully saturated rings. The van der Waals surface area contributed by atoms with Crippen LogP contribution in [0, 0.1) is 5.82 Å². The summed E-state index contributed by atoms with van der Waals surface area (Å²) in [7, 11) is 0. The van der Waals surface area contributed by atoms with Gasteiger partial charge < -0.3 is 14.6 Å². The minimum atomic E-state index is -0.623. The first kappa shape index (κ1) is 20.4. The van der Waals surface area contributed by atoms with Gasteiger partial charge in [-0.15, -0.1) is 0 Å². The number of amides is 2. The van der Waals surface area contributed by atoms with Crippen molar-refractivity contribution >= 4 is 45.5 Å². The van der Waals surface area contributed by atoms with Crippen LogP contribution in [0.5, 0.6) is 5.75 Å². The summed E-state index contributed by atoms with van der Waals surface area (Å²) in [6.07, 6.45) is 4.42. The minimum absolute atomic E-state index is 0.0144. The Hall–Kier alpha value is -3.16. The molecule has 33 heavy (non-hydrogen) atoms. The van der Waals surface area contributed by atoms with E-state index < -0.39 is 17.6 Å². The van der Waals surface area contributed by atoms with E-state index in [1.807, 2.05) is 18.3 Å². The van der Waals surface area contributed by atoms with E-state index in [0.717, 1.165) is 42.4 Å². The van der Waals surface area contributed by atoms with Crippen molar-refractivity contribution < 1.29 is 18.7 Å². The lowest BCUT2D eigenvalue weighted by Gasteiger charge is -2.25. The van der Waals surface area contributed by atoms with Crippen LogP contribution in [0.1, 0.15) is 35.6 Å². The van der Waals surface area contributed by atoms with Gasteiger partial charge in [0.1, 0.15) is 11.6 Å². The van der Waals surface area contributed by atoms with Crippen LogP contribution >= 0.6 is 11.6 Å². The lowest BCUT2D eigenvalue weighted by atomic mass is 9.93. The number of fused-ring (bicyclic) bond motifs is 2. The highest BCUT2D eigenvalue weighted by molar-refractivity contribution is 6.50. The zero-order chi connectivity index (χ0) is 22.7. The minimum Gasteiger partial charge on any atom is -0.492 e. The van der Waals surface area contributed by atoms with E-state index >= 15 is 4.39 Å². The van der Waals surface area contributed by atoms with Crippen molar-refractivity contribution in [2.24, 2.45) is 0 Å². The Morgan fingerprint density at radius 2 is 1.85 bits per heavy atom. The lowest BCUT2D eigenvalue weighted by molar-refractivity contribution is -0.122. The number of aromatic nitrogens is 1. The predicted octanol–water partition coefficient (Wildman–Crippen LogP) is 3.86. The van der Waals surface area contributed by atoms with Crippen LogP contribution in [-0.2, 0) is 16.0 Å². The van der Waals surface area contributed by atoms with E-state index in [0.29, 0.717) is 29.4 Å². The van der Waals surface area contributed by atoms with Gasteiger partial charge in [-0.1, -0.05) is 17.7 Å². The summed E-state index contributed by atoms with van der Waals surface area (Å²) < 4.78 is 23.0. The molecule has 3 aliphatic rings. The first-order valence-corrected chi connectivity index (χ1v) is 11.5. The largest absolute Gasteiger partial charge is 0.492 e. The molecule has 0 aliphatic carbocycles. The normalized spacial score (nSPS) is 18.7. The van der Waals surface area contributed by atoms with E-state index in [2.05, 4.69) is 15.2 Å². The Morgan fingerprint density at radius 1 is 1.06 bits per heavy atom. The van der Waals surface area contributed by atoms with Crippen molar-refractivity contribution in [3.05, 3.63) is 64.1 Å². The van der Waals surface area contributed by atoms with Crippen LogP contribution in [0.4, 0.5) is 4.39 Å². The third kappa shape index (κ3) is 3.18. The van der Waals surface area contributed by atoms with Gasteiger partial charge >= 0.3 is 0 Å².